The molecule has 2 rings (SSSR count). The van der Waals surface area contributed by atoms with Gasteiger partial charge in [-0.3, -0.25) is 0 Å². The van der Waals surface area contributed by atoms with Gasteiger partial charge in [-0.25, -0.2) is 0 Å². The van der Waals surface area contributed by atoms with Crippen molar-refractivity contribution in [3.05, 3.63) is 0 Å². The van der Waals surface area contributed by atoms with Gasteiger partial charge < -0.3 is 10.0 Å². The van der Waals surface area contributed by atoms with Gasteiger partial charge in [-0.05, 0) is 25.8 Å². The number of hydrogen-bond donors (Lipinski definition) is 1. The van der Waals surface area contributed by atoms with Crippen LogP contribution in [-0.2, 0) is 0 Å². The fraction of sp³-hybridized carbons (Fsp3) is 1.00. The second-order valence-corrected chi connectivity index (χ2v) is 3.99. The summed E-state index contributed by atoms with van der Waals surface area (Å²) in [6.07, 6.45) is 3.14. The van der Waals surface area contributed by atoms with Crippen LogP contribution in [0.1, 0.15) is 26.2 Å². The average molecular weight is 155 g/mol. The fourth-order valence-electron chi connectivity index (χ4n) is 2.50. The van der Waals surface area contributed by atoms with Crippen LogP contribution in [0.5, 0.6) is 0 Å². The van der Waals surface area contributed by atoms with E-state index >= 15 is 0 Å². The summed E-state index contributed by atoms with van der Waals surface area (Å²) in [5.74, 6) is 0.571. The molecule has 2 aliphatic heterocycles. The van der Waals surface area contributed by atoms with Crippen LogP contribution < -0.4 is 0 Å². The van der Waals surface area contributed by atoms with Crippen LogP contribution in [0.2, 0.25) is 0 Å². The molecule has 2 aliphatic rings. The predicted molar refractivity (Wildman–Crippen MR) is 44.4 cm³/mol. The Morgan fingerprint density at radius 2 is 2.36 bits per heavy atom. The van der Waals surface area contributed by atoms with Gasteiger partial charge in [0.2, 0.25) is 0 Å². The monoisotopic (exact) mass is 155 g/mol. The molecule has 11 heavy (non-hydrogen) atoms. The van der Waals surface area contributed by atoms with Crippen molar-refractivity contribution >= 4 is 0 Å². The summed E-state index contributed by atoms with van der Waals surface area (Å²) in [6.45, 7) is 5.58. The first-order valence-electron chi connectivity index (χ1n) is 4.69. The minimum absolute atomic E-state index is 0.312. The second-order valence-electron chi connectivity index (χ2n) is 3.99. The summed E-state index contributed by atoms with van der Waals surface area (Å²) in [5, 5.41) is 10.1. The van der Waals surface area contributed by atoms with Gasteiger partial charge in [0.25, 0.3) is 0 Å². The molecule has 2 heteroatoms. The van der Waals surface area contributed by atoms with Crippen molar-refractivity contribution < 1.29 is 5.11 Å². The van der Waals surface area contributed by atoms with Gasteiger partial charge in [0.1, 0.15) is 0 Å². The minimum Gasteiger partial charge on any atom is -0.390 e. The second kappa shape index (κ2) is 2.46. The maximum atomic E-state index is 10.1. The molecule has 0 aliphatic carbocycles. The number of fused-ring (bicyclic) bond motifs is 2. The van der Waals surface area contributed by atoms with Crippen molar-refractivity contribution in [2.24, 2.45) is 5.92 Å². The molecule has 3 atom stereocenters. The van der Waals surface area contributed by atoms with Crippen molar-refractivity contribution in [2.75, 3.05) is 19.6 Å². The number of rotatable bonds is 1. The Labute approximate surface area is 68.2 Å². The van der Waals surface area contributed by atoms with E-state index in [0.717, 1.165) is 25.9 Å². The zero-order chi connectivity index (χ0) is 7.90. The van der Waals surface area contributed by atoms with Gasteiger partial charge in [-0.2, -0.15) is 0 Å². The van der Waals surface area contributed by atoms with Crippen molar-refractivity contribution in [3.8, 4) is 0 Å². The molecule has 2 bridgehead atoms. The third kappa shape index (κ3) is 1.09. The van der Waals surface area contributed by atoms with E-state index < -0.39 is 0 Å². The summed E-state index contributed by atoms with van der Waals surface area (Å²) in [5.41, 5.74) is -0.312. The van der Waals surface area contributed by atoms with Crippen LogP contribution >= 0.6 is 0 Å². The first kappa shape index (κ1) is 7.56. The SMILES string of the molecule is CCC1(O)CCN2CCC1C2. The number of nitrogens with zero attached hydrogens (tertiary/aromatic N) is 1. The number of piperidine rings is 1. The molecular formula is C9H17NO. The van der Waals surface area contributed by atoms with Gasteiger partial charge in [-0.1, -0.05) is 6.92 Å². The van der Waals surface area contributed by atoms with E-state index in [1.165, 1.54) is 13.0 Å². The molecule has 2 saturated heterocycles. The molecular weight excluding hydrogens is 138 g/mol. The highest BCUT2D eigenvalue weighted by molar-refractivity contribution is 4.96. The molecule has 2 heterocycles. The van der Waals surface area contributed by atoms with Crippen LogP contribution in [0.15, 0.2) is 0 Å². The van der Waals surface area contributed by atoms with E-state index in [-0.39, 0.29) is 5.60 Å². The van der Waals surface area contributed by atoms with E-state index in [1.54, 1.807) is 0 Å². The Balaban J connectivity index is 2.12. The predicted octanol–water partition coefficient (Wildman–Crippen LogP) is 0.853. The Kier molecular flexibility index (Phi) is 1.69. The molecule has 0 aromatic heterocycles. The maximum absolute atomic E-state index is 10.1. The van der Waals surface area contributed by atoms with Crippen LogP contribution in [0, 0.1) is 5.92 Å². The third-order valence-electron chi connectivity index (χ3n) is 3.51. The van der Waals surface area contributed by atoms with Gasteiger partial charge >= 0.3 is 0 Å². The van der Waals surface area contributed by atoms with Crippen molar-refractivity contribution in [2.45, 2.75) is 31.8 Å². The maximum Gasteiger partial charge on any atom is 0.0698 e. The summed E-state index contributed by atoms with van der Waals surface area (Å²) in [7, 11) is 0. The van der Waals surface area contributed by atoms with Crippen molar-refractivity contribution in [1.82, 2.24) is 4.90 Å². The number of hydrogen-bond acceptors (Lipinski definition) is 2. The molecule has 0 aromatic carbocycles. The van der Waals surface area contributed by atoms with E-state index in [4.69, 9.17) is 0 Å². The summed E-state index contributed by atoms with van der Waals surface area (Å²) in [4.78, 5) is 2.47. The third-order valence-corrected chi connectivity index (χ3v) is 3.51. The summed E-state index contributed by atoms with van der Waals surface area (Å²) in [6, 6.07) is 0. The quantitative estimate of drug-likeness (QED) is 0.607. The lowest BCUT2D eigenvalue weighted by Crippen LogP contribution is -2.45. The smallest absolute Gasteiger partial charge is 0.0698 e. The highest BCUT2D eigenvalue weighted by Gasteiger charge is 2.43. The van der Waals surface area contributed by atoms with E-state index in [9.17, 15) is 5.11 Å². The standard InChI is InChI=1S/C9H17NO/c1-2-9(11)4-6-10-5-3-8(9)7-10/h8,11H,2-7H2,1H3. The molecule has 0 spiro atoms. The Bertz CT molecular complexity index is 160. The molecule has 0 amide bonds. The number of aliphatic hydroxyl groups is 1. The van der Waals surface area contributed by atoms with E-state index in [1.807, 2.05) is 0 Å². The fourth-order valence-corrected chi connectivity index (χ4v) is 2.50. The van der Waals surface area contributed by atoms with Crippen LogP contribution in [-0.4, -0.2) is 35.2 Å². The van der Waals surface area contributed by atoms with Crippen LogP contribution in [0.3, 0.4) is 0 Å². The topological polar surface area (TPSA) is 23.5 Å². The van der Waals surface area contributed by atoms with E-state index in [2.05, 4.69) is 11.8 Å². The van der Waals surface area contributed by atoms with Crippen molar-refractivity contribution in [3.63, 3.8) is 0 Å². The van der Waals surface area contributed by atoms with Gasteiger partial charge in [0.05, 0.1) is 5.60 Å². The lowest BCUT2D eigenvalue weighted by molar-refractivity contribution is -0.0472. The zero-order valence-electron chi connectivity index (χ0n) is 7.21. The average Bonchev–Trinajstić information content (AvgIpc) is 2.44. The van der Waals surface area contributed by atoms with Gasteiger partial charge in [0, 0.05) is 19.0 Å². The zero-order valence-corrected chi connectivity index (χ0v) is 7.21. The summed E-state index contributed by atoms with van der Waals surface area (Å²) >= 11 is 0. The molecule has 0 radical (unpaired) electrons. The molecule has 0 saturated carbocycles. The van der Waals surface area contributed by atoms with Crippen LogP contribution in [0.4, 0.5) is 0 Å². The molecule has 0 aromatic rings. The molecule has 2 nitrogen and oxygen atoms in total. The first-order valence-corrected chi connectivity index (χ1v) is 4.69. The summed E-state index contributed by atoms with van der Waals surface area (Å²) < 4.78 is 0. The van der Waals surface area contributed by atoms with Gasteiger partial charge in [-0.15, -0.1) is 0 Å². The van der Waals surface area contributed by atoms with Crippen molar-refractivity contribution in [1.29, 1.82) is 0 Å². The Hall–Kier alpha value is -0.0800. The normalized spacial score (nSPS) is 49.6. The Morgan fingerprint density at radius 1 is 1.55 bits per heavy atom. The van der Waals surface area contributed by atoms with Gasteiger partial charge in [0.15, 0.2) is 0 Å². The molecule has 1 N–H and O–H groups in total. The minimum atomic E-state index is -0.312. The lowest BCUT2D eigenvalue weighted by Gasteiger charge is -2.37. The largest absolute Gasteiger partial charge is 0.390 e. The molecule has 2 fully saturated rings. The Morgan fingerprint density at radius 3 is 3.09 bits per heavy atom. The van der Waals surface area contributed by atoms with Crippen LogP contribution in [0.25, 0.3) is 0 Å². The van der Waals surface area contributed by atoms with E-state index in [0.29, 0.717) is 5.92 Å². The molecule has 3 unspecified atom stereocenters. The highest BCUT2D eigenvalue weighted by atomic mass is 16.3. The lowest BCUT2D eigenvalue weighted by atomic mass is 9.80. The first-order chi connectivity index (χ1) is 5.24. The highest BCUT2D eigenvalue weighted by Crippen LogP contribution is 2.37. The molecule has 64 valence electrons.